The number of hydrogen-bond acceptors (Lipinski definition) is 3. The Morgan fingerprint density at radius 2 is 1.94 bits per heavy atom. The number of ether oxygens (including phenoxy) is 1. The average molecular weight is 240 g/mol. The Labute approximate surface area is 106 Å². The molecular weight excluding hydrogens is 212 g/mol. The van der Waals surface area contributed by atoms with Gasteiger partial charge in [0, 0.05) is 18.7 Å². The highest BCUT2D eigenvalue weighted by atomic mass is 16.5. The molecule has 2 unspecified atom stereocenters. The van der Waals surface area contributed by atoms with Crippen LogP contribution in [0.25, 0.3) is 0 Å². The van der Waals surface area contributed by atoms with Gasteiger partial charge in [0.25, 0.3) is 0 Å². The maximum Gasteiger partial charge on any atom is 0.0666 e. The third-order valence-corrected chi connectivity index (χ3v) is 4.53. The third-order valence-electron chi connectivity index (χ3n) is 4.53. The molecule has 3 nitrogen and oxygen atoms in total. The van der Waals surface area contributed by atoms with Crippen LogP contribution in [-0.4, -0.2) is 49.3 Å². The van der Waals surface area contributed by atoms with E-state index in [0.29, 0.717) is 6.04 Å². The summed E-state index contributed by atoms with van der Waals surface area (Å²) in [5.41, 5.74) is 0.112. The number of likely N-dealkylation sites (tertiary alicyclic amines) is 1. The van der Waals surface area contributed by atoms with E-state index < -0.39 is 0 Å². The first kappa shape index (κ1) is 13.3. The minimum atomic E-state index is 0.112. The zero-order valence-corrected chi connectivity index (χ0v) is 11.7. The second-order valence-corrected chi connectivity index (χ2v) is 6.09. The van der Waals surface area contributed by atoms with Gasteiger partial charge in [-0.15, -0.1) is 0 Å². The van der Waals surface area contributed by atoms with Gasteiger partial charge in [0.15, 0.2) is 0 Å². The van der Waals surface area contributed by atoms with Crippen LogP contribution < -0.4 is 5.32 Å². The summed E-state index contributed by atoms with van der Waals surface area (Å²) in [5.74, 6) is 0. The number of nitrogens with zero attached hydrogens (tertiary/aromatic N) is 1. The van der Waals surface area contributed by atoms with Gasteiger partial charge in [0.1, 0.15) is 0 Å². The fraction of sp³-hybridized carbons (Fsp3) is 1.00. The SMILES string of the molecule is CCC1(C)CC(NC2CCN(C)CC2)CCO1. The smallest absolute Gasteiger partial charge is 0.0666 e. The molecule has 2 saturated heterocycles. The average Bonchev–Trinajstić information content (AvgIpc) is 2.32. The lowest BCUT2D eigenvalue weighted by molar-refractivity contribution is -0.0796. The van der Waals surface area contributed by atoms with Gasteiger partial charge >= 0.3 is 0 Å². The van der Waals surface area contributed by atoms with Crippen molar-refractivity contribution >= 4 is 0 Å². The number of hydrogen-bond donors (Lipinski definition) is 1. The van der Waals surface area contributed by atoms with Crippen LogP contribution in [0, 0.1) is 0 Å². The van der Waals surface area contributed by atoms with Gasteiger partial charge in [-0.3, -0.25) is 0 Å². The first-order chi connectivity index (χ1) is 8.11. The number of rotatable bonds is 3. The van der Waals surface area contributed by atoms with Crippen molar-refractivity contribution in [1.82, 2.24) is 10.2 Å². The summed E-state index contributed by atoms with van der Waals surface area (Å²) in [6.45, 7) is 7.90. The maximum absolute atomic E-state index is 5.90. The van der Waals surface area contributed by atoms with Gasteiger partial charge in [0.05, 0.1) is 5.60 Å². The van der Waals surface area contributed by atoms with Gasteiger partial charge in [-0.25, -0.2) is 0 Å². The van der Waals surface area contributed by atoms with Crippen LogP contribution >= 0.6 is 0 Å². The quantitative estimate of drug-likeness (QED) is 0.817. The Hall–Kier alpha value is -0.120. The molecule has 0 bridgehead atoms. The van der Waals surface area contributed by atoms with Crippen molar-refractivity contribution in [3.05, 3.63) is 0 Å². The molecular formula is C14H28N2O. The Bertz CT molecular complexity index is 238. The van der Waals surface area contributed by atoms with Crippen molar-refractivity contribution < 1.29 is 4.74 Å². The molecule has 0 aromatic carbocycles. The monoisotopic (exact) mass is 240 g/mol. The molecule has 0 saturated carbocycles. The maximum atomic E-state index is 5.90. The summed E-state index contributed by atoms with van der Waals surface area (Å²) in [7, 11) is 2.22. The van der Waals surface area contributed by atoms with Gasteiger partial charge < -0.3 is 15.0 Å². The molecule has 3 heteroatoms. The van der Waals surface area contributed by atoms with Crippen molar-refractivity contribution in [3.63, 3.8) is 0 Å². The minimum Gasteiger partial charge on any atom is -0.375 e. The number of nitrogens with one attached hydrogen (secondary N) is 1. The largest absolute Gasteiger partial charge is 0.375 e. The van der Waals surface area contributed by atoms with Crippen molar-refractivity contribution in [2.45, 2.75) is 63.6 Å². The molecule has 2 atom stereocenters. The topological polar surface area (TPSA) is 24.5 Å². The highest BCUT2D eigenvalue weighted by Crippen LogP contribution is 2.28. The predicted octanol–water partition coefficient (Wildman–Crippen LogP) is 2.02. The molecule has 100 valence electrons. The molecule has 0 aliphatic carbocycles. The van der Waals surface area contributed by atoms with Crippen LogP contribution in [0.1, 0.15) is 46.0 Å². The molecule has 2 heterocycles. The molecule has 2 fully saturated rings. The van der Waals surface area contributed by atoms with Crippen molar-refractivity contribution in [1.29, 1.82) is 0 Å². The van der Waals surface area contributed by atoms with E-state index in [-0.39, 0.29) is 5.60 Å². The fourth-order valence-corrected chi connectivity index (χ4v) is 3.03. The first-order valence-corrected chi connectivity index (χ1v) is 7.20. The molecule has 17 heavy (non-hydrogen) atoms. The summed E-state index contributed by atoms with van der Waals surface area (Å²) in [5, 5.41) is 3.86. The predicted molar refractivity (Wildman–Crippen MR) is 71.3 cm³/mol. The Kier molecular flexibility index (Phi) is 4.45. The van der Waals surface area contributed by atoms with Crippen molar-refractivity contribution in [2.24, 2.45) is 0 Å². The highest BCUT2D eigenvalue weighted by molar-refractivity contribution is 4.88. The van der Waals surface area contributed by atoms with E-state index in [2.05, 4.69) is 31.1 Å². The van der Waals surface area contributed by atoms with E-state index in [1.165, 1.54) is 38.8 Å². The molecule has 0 radical (unpaired) electrons. The highest BCUT2D eigenvalue weighted by Gasteiger charge is 2.32. The second-order valence-electron chi connectivity index (χ2n) is 6.09. The zero-order valence-electron chi connectivity index (χ0n) is 11.7. The van der Waals surface area contributed by atoms with E-state index in [4.69, 9.17) is 4.74 Å². The van der Waals surface area contributed by atoms with E-state index in [1.54, 1.807) is 0 Å². The zero-order chi connectivity index (χ0) is 12.3. The van der Waals surface area contributed by atoms with Crippen LogP contribution in [0.4, 0.5) is 0 Å². The van der Waals surface area contributed by atoms with Crippen molar-refractivity contribution in [3.8, 4) is 0 Å². The second kappa shape index (κ2) is 5.68. The Balaban J connectivity index is 1.79. The molecule has 0 spiro atoms. The first-order valence-electron chi connectivity index (χ1n) is 7.20. The fourth-order valence-electron chi connectivity index (χ4n) is 3.03. The molecule has 0 aromatic rings. The summed E-state index contributed by atoms with van der Waals surface area (Å²) < 4.78 is 5.90. The lowest BCUT2D eigenvalue weighted by Crippen LogP contribution is -2.50. The molecule has 0 aromatic heterocycles. The summed E-state index contributed by atoms with van der Waals surface area (Å²) in [6.07, 6.45) is 6.09. The van der Waals surface area contributed by atoms with E-state index in [0.717, 1.165) is 19.1 Å². The lowest BCUT2D eigenvalue weighted by atomic mass is 9.89. The summed E-state index contributed by atoms with van der Waals surface area (Å²) in [6, 6.07) is 1.40. The lowest BCUT2D eigenvalue weighted by Gasteiger charge is -2.40. The molecule has 0 amide bonds. The van der Waals surface area contributed by atoms with E-state index in [1.807, 2.05) is 0 Å². The molecule has 1 N–H and O–H groups in total. The third kappa shape index (κ3) is 3.67. The standard InChI is InChI=1S/C14H28N2O/c1-4-14(2)11-13(7-10-17-14)15-12-5-8-16(3)9-6-12/h12-13,15H,4-11H2,1-3H3. The van der Waals surface area contributed by atoms with Crippen LogP contribution in [0.5, 0.6) is 0 Å². The van der Waals surface area contributed by atoms with Crippen LogP contribution in [-0.2, 0) is 4.74 Å². The van der Waals surface area contributed by atoms with Crippen LogP contribution in [0.3, 0.4) is 0 Å². The van der Waals surface area contributed by atoms with Crippen molar-refractivity contribution in [2.75, 3.05) is 26.7 Å². The van der Waals surface area contributed by atoms with Gasteiger partial charge in [-0.05, 0) is 59.2 Å². The summed E-state index contributed by atoms with van der Waals surface area (Å²) in [4.78, 5) is 2.43. The van der Waals surface area contributed by atoms with Gasteiger partial charge in [-0.2, -0.15) is 0 Å². The van der Waals surface area contributed by atoms with Crippen LogP contribution in [0.15, 0.2) is 0 Å². The molecule has 2 aliphatic heterocycles. The van der Waals surface area contributed by atoms with Gasteiger partial charge in [-0.1, -0.05) is 6.92 Å². The van der Waals surface area contributed by atoms with Gasteiger partial charge in [0.2, 0.25) is 0 Å². The molecule has 2 aliphatic rings. The normalized spacial score (nSPS) is 37.2. The molecule has 2 rings (SSSR count). The minimum absolute atomic E-state index is 0.112. The van der Waals surface area contributed by atoms with E-state index >= 15 is 0 Å². The number of piperidine rings is 1. The Morgan fingerprint density at radius 1 is 1.24 bits per heavy atom. The van der Waals surface area contributed by atoms with Crippen LogP contribution in [0.2, 0.25) is 0 Å². The van der Waals surface area contributed by atoms with E-state index in [9.17, 15) is 0 Å². The Morgan fingerprint density at radius 3 is 2.59 bits per heavy atom. The summed E-state index contributed by atoms with van der Waals surface area (Å²) >= 11 is 0.